The first-order chi connectivity index (χ1) is 5.37. The van der Waals surface area contributed by atoms with Crippen LogP contribution in [0, 0.1) is 5.92 Å². The van der Waals surface area contributed by atoms with Gasteiger partial charge in [-0.2, -0.15) is 0 Å². The Labute approximate surface area is 68.9 Å². The molecule has 1 aliphatic carbocycles. The van der Waals surface area contributed by atoms with Crippen molar-refractivity contribution < 1.29 is 0 Å². The van der Waals surface area contributed by atoms with E-state index in [1.807, 2.05) is 0 Å². The van der Waals surface area contributed by atoms with Gasteiger partial charge in [-0.05, 0) is 44.6 Å². The minimum atomic E-state index is 0.488. The van der Waals surface area contributed by atoms with E-state index in [4.69, 9.17) is 0 Å². The van der Waals surface area contributed by atoms with Crippen molar-refractivity contribution >= 4 is 0 Å². The van der Waals surface area contributed by atoms with E-state index in [2.05, 4.69) is 18.0 Å². The lowest BCUT2D eigenvalue weighted by Crippen LogP contribution is -2.41. The molecule has 1 N–H and O–H groups in total. The maximum absolute atomic E-state index is 3.84. The molecular formula is C10H17N. The third kappa shape index (κ3) is 1.22. The maximum atomic E-state index is 3.84. The second kappa shape index (κ2) is 2.63. The van der Waals surface area contributed by atoms with Gasteiger partial charge >= 0.3 is 0 Å². The summed E-state index contributed by atoms with van der Waals surface area (Å²) in [4.78, 5) is 0. The summed E-state index contributed by atoms with van der Waals surface area (Å²) in [5.74, 6) is 0.975. The van der Waals surface area contributed by atoms with Crippen molar-refractivity contribution in [2.45, 2.75) is 37.6 Å². The predicted molar refractivity (Wildman–Crippen MR) is 47.5 cm³/mol. The van der Waals surface area contributed by atoms with Gasteiger partial charge in [-0.1, -0.05) is 6.08 Å². The van der Waals surface area contributed by atoms with E-state index in [1.54, 1.807) is 0 Å². The molecule has 1 saturated heterocycles. The van der Waals surface area contributed by atoms with Crippen LogP contribution < -0.4 is 5.32 Å². The first-order valence-corrected chi connectivity index (χ1v) is 4.73. The highest BCUT2D eigenvalue weighted by atomic mass is 15.0. The molecule has 1 saturated carbocycles. The maximum Gasteiger partial charge on any atom is 0.0244 e. The van der Waals surface area contributed by atoms with Gasteiger partial charge in [0.15, 0.2) is 0 Å². The Morgan fingerprint density at radius 3 is 2.82 bits per heavy atom. The smallest absolute Gasteiger partial charge is 0.0244 e. The molecule has 2 aliphatic rings. The first-order valence-electron chi connectivity index (χ1n) is 4.73. The Kier molecular flexibility index (Phi) is 1.76. The molecule has 0 spiro atoms. The molecule has 1 heterocycles. The normalized spacial score (nSPS) is 37.5. The van der Waals surface area contributed by atoms with E-state index in [-0.39, 0.29) is 0 Å². The van der Waals surface area contributed by atoms with Gasteiger partial charge in [0.05, 0.1) is 0 Å². The lowest BCUT2D eigenvalue weighted by Gasteiger charge is -2.28. The fourth-order valence-electron chi connectivity index (χ4n) is 2.41. The van der Waals surface area contributed by atoms with Crippen molar-refractivity contribution in [3.8, 4) is 0 Å². The van der Waals surface area contributed by atoms with Crippen LogP contribution in [0.1, 0.15) is 32.1 Å². The average Bonchev–Trinajstić information content (AvgIpc) is 2.76. The highest BCUT2D eigenvalue weighted by Crippen LogP contribution is 2.45. The lowest BCUT2D eigenvalue weighted by atomic mass is 9.88. The summed E-state index contributed by atoms with van der Waals surface area (Å²) in [5.41, 5.74) is 0.488. The fourth-order valence-corrected chi connectivity index (χ4v) is 2.41. The van der Waals surface area contributed by atoms with Crippen molar-refractivity contribution in [3.05, 3.63) is 12.7 Å². The SMILES string of the molecule is C=CCC1(C2CC2)CCCN1. The van der Waals surface area contributed by atoms with Gasteiger partial charge in [0, 0.05) is 5.54 Å². The summed E-state index contributed by atoms with van der Waals surface area (Å²) in [5, 5.41) is 3.66. The van der Waals surface area contributed by atoms with Crippen molar-refractivity contribution in [1.82, 2.24) is 5.32 Å². The predicted octanol–water partition coefficient (Wildman–Crippen LogP) is 2.09. The van der Waals surface area contributed by atoms with Gasteiger partial charge in [-0.15, -0.1) is 6.58 Å². The Bertz CT molecular complexity index is 152. The van der Waals surface area contributed by atoms with Crippen LogP contribution in [0.15, 0.2) is 12.7 Å². The minimum Gasteiger partial charge on any atom is -0.311 e. The zero-order chi connectivity index (χ0) is 7.73. The molecule has 1 aliphatic heterocycles. The number of rotatable bonds is 3. The summed E-state index contributed by atoms with van der Waals surface area (Å²) in [6.45, 7) is 5.07. The molecule has 0 bridgehead atoms. The Morgan fingerprint density at radius 1 is 1.55 bits per heavy atom. The highest BCUT2D eigenvalue weighted by molar-refractivity contribution is 5.06. The second-order valence-electron chi connectivity index (χ2n) is 3.95. The average molecular weight is 151 g/mol. The Morgan fingerprint density at radius 2 is 2.36 bits per heavy atom. The summed E-state index contributed by atoms with van der Waals surface area (Å²) >= 11 is 0. The molecule has 2 fully saturated rings. The summed E-state index contributed by atoms with van der Waals surface area (Å²) in [7, 11) is 0. The third-order valence-corrected chi connectivity index (χ3v) is 3.14. The lowest BCUT2D eigenvalue weighted by molar-refractivity contribution is 0.329. The zero-order valence-corrected chi connectivity index (χ0v) is 7.10. The summed E-state index contributed by atoms with van der Waals surface area (Å²) in [6, 6.07) is 0. The molecule has 62 valence electrons. The topological polar surface area (TPSA) is 12.0 Å². The number of hydrogen-bond acceptors (Lipinski definition) is 1. The summed E-state index contributed by atoms with van der Waals surface area (Å²) < 4.78 is 0. The van der Waals surface area contributed by atoms with E-state index in [1.165, 1.54) is 38.6 Å². The van der Waals surface area contributed by atoms with Crippen molar-refractivity contribution in [2.24, 2.45) is 5.92 Å². The molecule has 1 heteroatoms. The van der Waals surface area contributed by atoms with E-state index in [0.29, 0.717) is 5.54 Å². The minimum absolute atomic E-state index is 0.488. The molecule has 0 aromatic heterocycles. The Hall–Kier alpha value is -0.300. The quantitative estimate of drug-likeness (QED) is 0.609. The largest absolute Gasteiger partial charge is 0.311 e. The standard InChI is InChI=1S/C10H17N/c1-2-6-10(9-4-5-9)7-3-8-11-10/h2,9,11H,1,3-8H2. The van der Waals surface area contributed by atoms with E-state index in [9.17, 15) is 0 Å². The van der Waals surface area contributed by atoms with Crippen LogP contribution in [0.4, 0.5) is 0 Å². The van der Waals surface area contributed by atoms with Gasteiger partial charge in [-0.3, -0.25) is 0 Å². The van der Waals surface area contributed by atoms with Crippen LogP contribution in [-0.4, -0.2) is 12.1 Å². The molecule has 1 unspecified atom stereocenters. The molecule has 0 amide bonds. The molecule has 1 atom stereocenters. The molecule has 0 aromatic rings. The second-order valence-corrected chi connectivity index (χ2v) is 3.95. The van der Waals surface area contributed by atoms with E-state index in [0.717, 1.165) is 5.92 Å². The fraction of sp³-hybridized carbons (Fsp3) is 0.800. The van der Waals surface area contributed by atoms with Gasteiger partial charge in [0.25, 0.3) is 0 Å². The first kappa shape index (κ1) is 7.35. The van der Waals surface area contributed by atoms with Crippen molar-refractivity contribution in [2.75, 3.05) is 6.54 Å². The van der Waals surface area contributed by atoms with Gasteiger partial charge in [0.2, 0.25) is 0 Å². The van der Waals surface area contributed by atoms with Crippen LogP contribution >= 0.6 is 0 Å². The van der Waals surface area contributed by atoms with Crippen LogP contribution in [0.3, 0.4) is 0 Å². The highest BCUT2D eigenvalue weighted by Gasteiger charge is 2.45. The number of hydrogen-bond donors (Lipinski definition) is 1. The molecule has 0 aromatic carbocycles. The van der Waals surface area contributed by atoms with Gasteiger partial charge in [-0.25, -0.2) is 0 Å². The Balaban J connectivity index is 2.04. The third-order valence-electron chi connectivity index (χ3n) is 3.14. The van der Waals surface area contributed by atoms with Gasteiger partial charge in [0.1, 0.15) is 0 Å². The van der Waals surface area contributed by atoms with Gasteiger partial charge < -0.3 is 5.32 Å². The van der Waals surface area contributed by atoms with E-state index >= 15 is 0 Å². The monoisotopic (exact) mass is 151 g/mol. The van der Waals surface area contributed by atoms with Crippen molar-refractivity contribution in [3.63, 3.8) is 0 Å². The summed E-state index contributed by atoms with van der Waals surface area (Å²) in [6.07, 6.45) is 8.89. The van der Waals surface area contributed by atoms with Crippen molar-refractivity contribution in [1.29, 1.82) is 0 Å². The molecule has 0 radical (unpaired) electrons. The number of nitrogens with one attached hydrogen (secondary N) is 1. The van der Waals surface area contributed by atoms with Crippen LogP contribution in [-0.2, 0) is 0 Å². The van der Waals surface area contributed by atoms with Crippen LogP contribution in [0.25, 0.3) is 0 Å². The van der Waals surface area contributed by atoms with E-state index < -0.39 is 0 Å². The van der Waals surface area contributed by atoms with Crippen LogP contribution in [0.5, 0.6) is 0 Å². The molecule has 2 rings (SSSR count). The molecular weight excluding hydrogens is 134 g/mol. The molecule has 11 heavy (non-hydrogen) atoms. The van der Waals surface area contributed by atoms with Crippen LogP contribution in [0.2, 0.25) is 0 Å². The molecule has 1 nitrogen and oxygen atoms in total. The zero-order valence-electron chi connectivity index (χ0n) is 7.10.